The van der Waals surface area contributed by atoms with Gasteiger partial charge in [-0.2, -0.15) is 0 Å². The lowest BCUT2D eigenvalue weighted by Gasteiger charge is -2.33. The van der Waals surface area contributed by atoms with E-state index in [-0.39, 0.29) is 6.10 Å². The van der Waals surface area contributed by atoms with E-state index in [1.807, 2.05) is 19.2 Å². The van der Waals surface area contributed by atoms with Gasteiger partial charge in [-0.3, -0.25) is 4.98 Å². The van der Waals surface area contributed by atoms with E-state index in [2.05, 4.69) is 16.0 Å². The third-order valence-corrected chi connectivity index (χ3v) is 6.42. The van der Waals surface area contributed by atoms with Crippen LogP contribution in [-0.4, -0.2) is 50.5 Å². The molecule has 1 unspecified atom stereocenters. The molecule has 0 N–H and O–H groups in total. The lowest BCUT2D eigenvalue weighted by atomic mass is 10.0. The predicted octanol–water partition coefficient (Wildman–Crippen LogP) is 5.54. The maximum atomic E-state index is 6.68. The summed E-state index contributed by atoms with van der Waals surface area (Å²) in [6.45, 7) is 3.65. The van der Waals surface area contributed by atoms with Gasteiger partial charge in [-0.25, -0.2) is 4.98 Å². The molecule has 3 heterocycles. The minimum absolute atomic E-state index is 0.168. The molecule has 31 heavy (non-hydrogen) atoms. The molecule has 0 bridgehead atoms. The van der Waals surface area contributed by atoms with E-state index in [0.29, 0.717) is 32.8 Å². The minimum Gasteiger partial charge on any atom is -0.495 e. The van der Waals surface area contributed by atoms with Gasteiger partial charge in [0, 0.05) is 54.5 Å². The predicted molar refractivity (Wildman–Crippen MR) is 125 cm³/mol. The molecule has 6 nitrogen and oxygen atoms in total. The molecule has 0 radical (unpaired) electrons. The summed E-state index contributed by atoms with van der Waals surface area (Å²) in [7, 11) is 4.87. The molecule has 1 atom stereocenters. The van der Waals surface area contributed by atoms with Crippen LogP contribution in [0.4, 0.5) is 5.82 Å². The zero-order valence-corrected chi connectivity index (χ0v) is 19.5. The van der Waals surface area contributed by atoms with Crippen LogP contribution in [0.3, 0.4) is 0 Å². The number of pyridine rings is 2. The number of piperidine rings is 1. The van der Waals surface area contributed by atoms with Crippen LogP contribution in [-0.2, 0) is 4.74 Å². The number of nitrogens with zero attached hydrogens (tertiary/aromatic N) is 3. The molecule has 1 fully saturated rings. The molecule has 8 heteroatoms. The van der Waals surface area contributed by atoms with E-state index in [1.165, 1.54) is 0 Å². The third kappa shape index (κ3) is 4.12. The smallest absolute Gasteiger partial charge is 0.141 e. The number of aryl methyl sites for hydroxylation is 1. The number of methoxy groups -OCH3 is 3. The normalized spacial score (nSPS) is 16.6. The summed E-state index contributed by atoms with van der Waals surface area (Å²) < 4.78 is 16.5. The number of hydrogen-bond donors (Lipinski definition) is 0. The highest BCUT2D eigenvalue weighted by atomic mass is 35.5. The molecule has 2 aromatic heterocycles. The molecule has 0 spiro atoms. The number of benzene rings is 1. The first kappa shape index (κ1) is 21.9. The van der Waals surface area contributed by atoms with E-state index in [4.69, 9.17) is 42.4 Å². The number of aromatic nitrogens is 2. The Labute approximate surface area is 192 Å². The van der Waals surface area contributed by atoms with Crippen molar-refractivity contribution in [3.05, 3.63) is 40.1 Å². The topological polar surface area (TPSA) is 56.7 Å². The first-order valence-electron chi connectivity index (χ1n) is 10.1. The minimum atomic E-state index is 0.168. The van der Waals surface area contributed by atoms with Gasteiger partial charge in [0.1, 0.15) is 17.3 Å². The number of fused-ring (bicyclic) bond motifs is 1. The SMILES string of the molecule is COc1cc(OC)c(Cl)c(-c2cc3cnc(C)cc3c(N3CCCC(OC)C3)n2)c1Cl. The van der Waals surface area contributed by atoms with E-state index < -0.39 is 0 Å². The highest BCUT2D eigenvalue weighted by Crippen LogP contribution is 2.46. The van der Waals surface area contributed by atoms with E-state index in [1.54, 1.807) is 27.4 Å². The van der Waals surface area contributed by atoms with Gasteiger partial charge >= 0.3 is 0 Å². The summed E-state index contributed by atoms with van der Waals surface area (Å²) in [5.41, 5.74) is 2.14. The Bertz CT molecular complexity index is 1090. The largest absolute Gasteiger partial charge is 0.495 e. The van der Waals surface area contributed by atoms with E-state index in [9.17, 15) is 0 Å². The molecule has 1 aliphatic heterocycles. The van der Waals surface area contributed by atoms with Gasteiger partial charge in [-0.1, -0.05) is 23.2 Å². The van der Waals surface area contributed by atoms with Crippen molar-refractivity contribution in [1.29, 1.82) is 0 Å². The van der Waals surface area contributed by atoms with Crippen molar-refractivity contribution < 1.29 is 14.2 Å². The van der Waals surface area contributed by atoms with Crippen LogP contribution in [0.25, 0.3) is 22.0 Å². The van der Waals surface area contributed by atoms with Crippen molar-refractivity contribution in [2.75, 3.05) is 39.3 Å². The second-order valence-electron chi connectivity index (χ2n) is 7.61. The molecular weight excluding hydrogens is 437 g/mol. The molecule has 1 aromatic carbocycles. The zero-order valence-electron chi connectivity index (χ0n) is 18.0. The van der Waals surface area contributed by atoms with Gasteiger partial charge in [-0.15, -0.1) is 0 Å². The van der Waals surface area contributed by atoms with Crippen molar-refractivity contribution in [3.63, 3.8) is 0 Å². The highest BCUT2D eigenvalue weighted by molar-refractivity contribution is 6.41. The average Bonchev–Trinajstić information content (AvgIpc) is 2.79. The van der Waals surface area contributed by atoms with Crippen molar-refractivity contribution in [2.24, 2.45) is 0 Å². The van der Waals surface area contributed by atoms with Crippen molar-refractivity contribution in [1.82, 2.24) is 9.97 Å². The molecule has 0 amide bonds. The fourth-order valence-corrected chi connectivity index (χ4v) is 4.73. The van der Waals surface area contributed by atoms with Gasteiger partial charge in [0.05, 0.1) is 36.1 Å². The fourth-order valence-electron chi connectivity index (χ4n) is 4.04. The average molecular weight is 462 g/mol. The second kappa shape index (κ2) is 9.07. The summed E-state index contributed by atoms with van der Waals surface area (Å²) in [5.74, 6) is 1.82. The number of rotatable bonds is 5. The molecule has 4 rings (SSSR count). The van der Waals surface area contributed by atoms with Gasteiger partial charge in [0.15, 0.2) is 0 Å². The molecule has 0 saturated carbocycles. The van der Waals surface area contributed by atoms with Crippen molar-refractivity contribution in [3.8, 4) is 22.8 Å². The Morgan fingerprint density at radius 2 is 1.74 bits per heavy atom. The molecule has 0 aliphatic carbocycles. The zero-order chi connectivity index (χ0) is 22.1. The summed E-state index contributed by atoms with van der Waals surface area (Å²) in [6.07, 6.45) is 4.10. The molecule has 164 valence electrons. The number of ether oxygens (including phenoxy) is 3. The number of hydrogen-bond acceptors (Lipinski definition) is 6. The van der Waals surface area contributed by atoms with Gasteiger partial charge in [-0.05, 0) is 31.9 Å². The molecular formula is C23H25Cl2N3O3. The maximum Gasteiger partial charge on any atom is 0.141 e. The first-order valence-corrected chi connectivity index (χ1v) is 10.9. The summed E-state index contributed by atoms with van der Waals surface area (Å²) in [6, 6.07) is 5.69. The van der Waals surface area contributed by atoms with E-state index in [0.717, 1.165) is 48.2 Å². The Hall–Kier alpha value is -2.28. The lowest BCUT2D eigenvalue weighted by Crippen LogP contribution is -2.39. The third-order valence-electron chi connectivity index (χ3n) is 5.67. The Kier molecular flexibility index (Phi) is 6.42. The first-order chi connectivity index (χ1) is 15.0. The van der Waals surface area contributed by atoms with Crippen molar-refractivity contribution >= 4 is 39.8 Å². The van der Waals surface area contributed by atoms with Crippen LogP contribution < -0.4 is 14.4 Å². The van der Waals surface area contributed by atoms with Gasteiger partial charge < -0.3 is 19.1 Å². The fraction of sp³-hybridized carbons (Fsp3) is 0.391. The number of anilines is 1. The highest BCUT2D eigenvalue weighted by Gasteiger charge is 2.25. The summed E-state index contributed by atoms with van der Waals surface area (Å²) in [4.78, 5) is 11.8. The quantitative estimate of drug-likeness (QED) is 0.496. The van der Waals surface area contributed by atoms with Crippen molar-refractivity contribution in [2.45, 2.75) is 25.9 Å². The van der Waals surface area contributed by atoms with Crippen LogP contribution in [0, 0.1) is 6.92 Å². The Balaban J connectivity index is 1.96. The monoisotopic (exact) mass is 461 g/mol. The standard InChI is InChI=1S/C23H25Cl2N3O3/c1-13-8-16-14(11-26-13)9-17(27-23(16)28-7-5-6-15(12-28)29-2)20-21(24)18(30-3)10-19(31-4)22(20)25/h8-11,15H,5-7,12H2,1-4H3. The number of halogens is 2. The van der Waals surface area contributed by atoms with Gasteiger partial charge in [0.25, 0.3) is 0 Å². The van der Waals surface area contributed by atoms with Crippen LogP contribution in [0.5, 0.6) is 11.5 Å². The second-order valence-corrected chi connectivity index (χ2v) is 8.36. The summed E-state index contributed by atoms with van der Waals surface area (Å²) in [5, 5.41) is 2.77. The molecule has 1 aliphatic rings. The molecule has 3 aromatic rings. The van der Waals surface area contributed by atoms with E-state index >= 15 is 0 Å². The van der Waals surface area contributed by atoms with Crippen LogP contribution in [0.1, 0.15) is 18.5 Å². The van der Waals surface area contributed by atoms with Crippen LogP contribution >= 0.6 is 23.2 Å². The summed E-state index contributed by atoms with van der Waals surface area (Å²) >= 11 is 13.4. The Morgan fingerprint density at radius 3 is 2.39 bits per heavy atom. The Morgan fingerprint density at radius 1 is 1.03 bits per heavy atom. The molecule has 1 saturated heterocycles. The maximum absolute atomic E-state index is 6.68. The van der Waals surface area contributed by atoms with Gasteiger partial charge in [0.2, 0.25) is 0 Å². The lowest BCUT2D eigenvalue weighted by molar-refractivity contribution is 0.0892. The van der Waals surface area contributed by atoms with Crippen LogP contribution in [0.2, 0.25) is 10.0 Å². The van der Waals surface area contributed by atoms with Crippen LogP contribution in [0.15, 0.2) is 24.4 Å².